The summed E-state index contributed by atoms with van der Waals surface area (Å²) in [6.07, 6.45) is 8.13. The third-order valence-corrected chi connectivity index (χ3v) is 7.77. The minimum Gasteiger partial charge on any atom is -0.341 e. The van der Waals surface area contributed by atoms with Crippen molar-refractivity contribution < 1.29 is 13.2 Å². The summed E-state index contributed by atoms with van der Waals surface area (Å²) in [5.74, 6) is 1.70. The van der Waals surface area contributed by atoms with Crippen molar-refractivity contribution in [3.8, 4) is 0 Å². The van der Waals surface area contributed by atoms with E-state index in [0.717, 1.165) is 12.3 Å². The molecule has 5 nitrogen and oxygen atoms in total. The van der Waals surface area contributed by atoms with Gasteiger partial charge in [-0.2, -0.15) is 0 Å². The lowest BCUT2D eigenvalue weighted by Crippen LogP contribution is -2.40. The first-order valence-corrected chi connectivity index (χ1v) is 10.7. The van der Waals surface area contributed by atoms with Crippen molar-refractivity contribution in [2.45, 2.75) is 70.1 Å². The van der Waals surface area contributed by atoms with E-state index in [1.165, 1.54) is 32.1 Å². The Labute approximate surface area is 140 Å². The third-order valence-electron chi connectivity index (χ3n) is 5.71. The van der Waals surface area contributed by atoms with Crippen LogP contribution in [0, 0.1) is 17.8 Å². The van der Waals surface area contributed by atoms with Gasteiger partial charge in [0.05, 0.1) is 5.25 Å². The average Bonchev–Trinajstić information content (AvgIpc) is 3.13. The van der Waals surface area contributed by atoms with Gasteiger partial charge < -0.3 is 4.90 Å². The fraction of sp³-hybridized carbons (Fsp3) is 0.941. The van der Waals surface area contributed by atoms with Crippen LogP contribution in [0.15, 0.2) is 0 Å². The Morgan fingerprint density at radius 3 is 2.48 bits per heavy atom. The molecule has 0 aromatic rings. The Balaban J connectivity index is 1.52. The third kappa shape index (κ3) is 3.90. The van der Waals surface area contributed by atoms with Gasteiger partial charge in [-0.25, -0.2) is 13.1 Å². The number of sulfonamides is 1. The molecule has 3 unspecified atom stereocenters. The second-order valence-corrected chi connectivity index (χ2v) is 9.91. The molecule has 1 saturated heterocycles. The number of rotatable bonds is 5. The van der Waals surface area contributed by atoms with E-state index in [0.29, 0.717) is 25.4 Å². The number of nitrogens with zero attached hydrogens (tertiary/aromatic N) is 1. The summed E-state index contributed by atoms with van der Waals surface area (Å²) >= 11 is 0. The molecule has 23 heavy (non-hydrogen) atoms. The lowest BCUT2D eigenvalue weighted by molar-refractivity contribution is -0.132. The van der Waals surface area contributed by atoms with Crippen molar-refractivity contribution in [1.29, 1.82) is 0 Å². The normalized spacial score (nSPS) is 32.5. The number of hydrogen-bond donors (Lipinski definition) is 1. The number of carbonyl (C=O) groups excluding carboxylic acids is 1. The van der Waals surface area contributed by atoms with E-state index in [1.807, 2.05) is 13.8 Å². The van der Waals surface area contributed by atoms with Crippen LogP contribution in [-0.2, 0) is 14.8 Å². The van der Waals surface area contributed by atoms with E-state index < -0.39 is 15.3 Å². The molecule has 0 aromatic heterocycles. The Hall–Kier alpha value is -0.620. The van der Waals surface area contributed by atoms with Gasteiger partial charge in [0.15, 0.2) is 0 Å². The summed E-state index contributed by atoms with van der Waals surface area (Å²) in [6, 6.07) is -0.0936. The van der Waals surface area contributed by atoms with Gasteiger partial charge in [-0.15, -0.1) is 0 Å². The van der Waals surface area contributed by atoms with E-state index in [4.69, 9.17) is 0 Å². The van der Waals surface area contributed by atoms with Crippen molar-refractivity contribution in [3.05, 3.63) is 0 Å². The molecule has 1 aliphatic heterocycles. The molecule has 3 fully saturated rings. The first kappa shape index (κ1) is 17.2. The zero-order valence-electron chi connectivity index (χ0n) is 14.3. The minimum absolute atomic E-state index is 0.0936. The molecule has 2 saturated carbocycles. The van der Waals surface area contributed by atoms with Crippen LogP contribution in [0.4, 0.5) is 0 Å². The van der Waals surface area contributed by atoms with E-state index in [1.54, 1.807) is 4.90 Å². The highest BCUT2D eigenvalue weighted by Gasteiger charge is 2.50. The average molecular weight is 343 g/mol. The number of hydrogen-bond acceptors (Lipinski definition) is 3. The zero-order valence-corrected chi connectivity index (χ0v) is 15.1. The summed E-state index contributed by atoms with van der Waals surface area (Å²) in [6.45, 7) is 4.62. The lowest BCUT2D eigenvalue weighted by atomic mass is 9.85. The SMILES string of the molecule is CC(C)NS(=O)(=O)C1CCN(C(=O)C2CC2C2CCCCC2)C1. The van der Waals surface area contributed by atoms with Crippen LogP contribution in [0.2, 0.25) is 0 Å². The monoisotopic (exact) mass is 342 g/mol. The first-order valence-electron chi connectivity index (χ1n) is 9.18. The predicted molar refractivity (Wildman–Crippen MR) is 90.3 cm³/mol. The van der Waals surface area contributed by atoms with Gasteiger partial charge in [0, 0.05) is 25.0 Å². The lowest BCUT2D eigenvalue weighted by Gasteiger charge is -2.23. The predicted octanol–water partition coefficient (Wildman–Crippen LogP) is 2.13. The Kier molecular flexibility index (Phi) is 5.02. The van der Waals surface area contributed by atoms with E-state index in [2.05, 4.69) is 4.72 Å². The molecule has 3 atom stereocenters. The first-order chi connectivity index (χ1) is 10.9. The van der Waals surface area contributed by atoms with Crippen LogP contribution in [0.5, 0.6) is 0 Å². The van der Waals surface area contributed by atoms with Crippen molar-refractivity contribution in [1.82, 2.24) is 9.62 Å². The van der Waals surface area contributed by atoms with Gasteiger partial charge in [0.2, 0.25) is 15.9 Å². The molecule has 0 aromatic carbocycles. The maximum atomic E-state index is 12.7. The molecule has 3 aliphatic rings. The number of carbonyl (C=O) groups is 1. The maximum Gasteiger partial charge on any atom is 0.226 e. The van der Waals surface area contributed by atoms with Crippen LogP contribution in [0.3, 0.4) is 0 Å². The maximum absolute atomic E-state index is 12.7. The highest BCUT2D eigenvalue weighted by molar-refractivity contribution is 7.90. The van der Waals surface area contributed by atoms with Gasteiger partial charge in [-0.05, 0) is 38.5 Å². The Bertz CT molecular complexity index is 540. The number of amides is 1. The molecule has 0 spiro atoms. The van der Waals surface area contributed by atoms with Gasteiger partial charge in [-0.1, -0.05) is 32.1 Å². The molecule has 1 amide bonds. The molecule has 6 heteroatoms. The Morgan fingerprint density at radius 2 is 1.83 bits per heavy atom. The van der Waals surface area contributed by atoms with Gasteiger partial charge in [0.25, 0.3) is 0 Å². The molecule has 1 heterocycles. The minimum atomic E-state index is -3.31. The van der Waals surface area contributed by atoms with Crippen molar-refractivity contribution in [2.75, 3.05) is 13.1 Å². The standard InChI is InChI=1S/C17H30N2O3S/c1-12(2)18-23(21,22)14-8-9-19(11-14)17(20)16-10-15(16)13-6-4-3-5-7-13/h12-16,18H,3-11H2,1-2H3. The number of nitrogens with one attached hydrogen (secondary N) is 1. The summed E-state index contributed by atoms with van der Waals surface area (Å²) in [5, 5.41) is -0.444. The molecule has 1 N–H and O–H groups in total. The smallest absolute Gasteiger partial charge is 0.226 e. The second kappa shape index (κ2) is 6.71. The van der Waals surface area contributed by atoms with E-state index >= 15 is 0 Å². The highest BCUT2D eigenvalue weighted by atomic mass is 32.2. The summed E-state index contributed by atoms with van der Waals surface area (Å²) in [4.78, 5) is 14.5. The van der Waals surface area contributed by atoms with Crippen LogP contribution in [-0.4, -0.2) is 43.6 Å². The zero-order chi connectivity index (χ0) is 16.6. The second-order valence-electron chi connectivity index (χ2n) is 7.92. The van der Waals surface area contributed by atoms with E-state index in [-0.39, 0.29) is 17.9 Å². The molecular formula is C17H30N2O3S. The highest BCUT2D eigenvalue weighted by Crippen LogP contribution is 2.50. The fourth-order valence-electron chi connectivity index (χ4n) is 4.42. The Morgan fingerprint density at radius 1 is 1.13 bits per heavy atom. The van der Waals surface area contributed by atoms with Crippen molar-refractivity contribution in [3.63, 3.8) is 0 Å². The molecule has 2 aliphatic carbocycles. The molecule has 132 valence electrons. The molecular weight excluding hydrogens is 312 g/mol. The van der Waals surface area contributed by atoms with E-state index in [9.17, 15) is 13.2 Å². The fourth-order valence-corrected chi connectivity index (χ4v) is 6.06. The van der Waals surface area contributed by atoms with Crippen molar-refractivity contribution in [2.24, 2.45) is 17.8 Å². The molecule has 0 radical (unpaired) electrons. The number of likely N-dealkylation sites (tertiary alicyclic amines) is 1. The van der Waals surface area contributed by atoms with Crippen LogP contribution < -0.4 is 4.72 Å². The summed E-state index contributed by atoms with van der Waals surface area (Å²) in [7, 11) is -3.31. The molecule has 3 rings (SSSR count). The topological polar surface area (TPSA) is 66.5 Å². The quantitative estimate of drug-likeness (QED) is 0.832. The van der Waals surface area contributed by atoms with Gasteiger partial charge in [0.1, 0.15) is 0 Å². The summed E-state index contributed by atoms with van der Waals surface area (Å²) in [5.41, 5.74) is 0. The van der Waals surface area contributed by atoms with Crippen LogP contribution in [0.25, 0.3) is 0 Å². The van der Waals surface area contributed by atoms with Crippen LogP contribution >= 0.6 is 0 Å². The van der Waals surface area contributed by atoms with Gasteiger partial charge >= 0.3 is 0 Å². The van der Waals surface area contributed by atoms with Gasteiger partial charge in [-0.3, -0.25) is 4.79 Å². The van der Waals surface area contributed by atoms with Crippen molar-refractivity contribution >= 4 is 15.9 Å². The molecule has 0 bridgehead atoms. The van der Waals surface area contributed by atoms with Crippen LogP contribution in [0.1, 0.15) is 58.8 Å². The largest absolute Gasteiger partial charge is 0.341 e. The summed E-state index contributed by atoms with van der Waals surface area (Å²) < 4.78 is 27.2.